The smallest absolute Gasteiger partial charge is 0.255 e. The molecule has 2 fully saturated rings. The van der Waals surface area contributed by atoms with Gasteiger partial charge in [0.2, 0.25) is 11.8 Å². The minimum absolute atomic E-state index is 0.0851. The molecule has 1 spiro atoms. The Hall–Kier alpha value is -3.03. The van der Waals surface area contributed by atoms with Crippen LogP contribution in [0.25, 0.3) is 0 Å². The molecule has 4 aliphatic rings. The van der Waals surface area contributed by atoms with E-state index in [0.717, 1.165) is 70.3 Å². The summed E-state index contributed by atoms with van der Waals surface area (Å²) in [6.07, 6.45) is 8.17. The zero-order valence-electron chi connectivity index (χ0n) is 22.0. The molecule has 0 aromatic heterocycles. The van der Waals surface area contributed by atoms with Crippen molar-refractivity contribution in [2.45, 2.75) is 76.0 Å². The van der Waals surface area contributed by atoms with Gasteiger partial charge in [0, 0.05) is 31.6 Å². The van der Waals surface area contributed by atoms with Gasteiger partial charge in [0.15, 0.2) is 0 Å². The van der Waals surface area contributed by atoms with Crippen molar-refractivity contribution < 1.29 is 19.1 Å². The number of rotatable bonds is 7. The minimum Gasteiger partial charge on any atom is -0.370 e. The molecular formula is C31H37N3O4. The summed E-state index contributed by atoms with van der Waals surface area (Å²) in [6.45, 7) is 4.57. The third kappa shape index (κ3) is 4.78. The molecule has 2 saturated heterocycles. The van der Waals surface area contributed by atoms with Crippen LogP contribution in [0.3, 0.4) is 0 Å². The summed E-state index contributed by atoms with van der Waals surface area (Å²) < 4.78 is 6.38. The van der Waals surface area contributed by atoms with Crippen LogP contribution < -0.4 is 5.32 Å². The van der Waals surface area contributed by atoms with Crippen LogP contribution in [0.1, 0.15) is 77.6 Å². The van der Waals surface area contributed by atoms with E-state index in [-0.39, 0.29) is 29.7 Å². The van der Waals surface area contributed by atoms with Gasteiger partial charge in [0.25, 0.3) is 5.91 Å². The van der Waals surface area contributed by atoms with E-state index in [4.69, 9.17) is 4.74 Å². The summed E-state index contributed by atoms with van der Waals surface area (Å²) in [5, 5.41) is 2.38. The standard InChI is InChI=1S/C31H37N3O4/c35-28-13-12-27(29(36)32-28)34-21-25-22(9-6-10-24(25)30(34)37)7-2-1-5-17-33-18-15-31(16-19-33)26-11-4-3-8-23(26)14-20-38-31/h3-4,6,8-11,27H,1-2,5,7,12-21H2,(H,32,35,36). The number of likely N-dealkylation sites (tertiary alicyclic amines) is 1. The summed E-state index contributed by atoms with van der Waals surface area (Å²) in [5.74, 6) is -0.705. The number of unbranched alkanes of at least 4 members (excludes halogenated alkanes) is 2. The molecule has 0 bridgehead atoms. The minimum atomic E-state index is -0.559. The Balaban J connectivity index is 0.976. The first kappa shape index (κ1) is 25.3. The number of carbonyl (C=O) groups is 3. The monoisotopic (exact) mass is 515 g/mol. The topological polar surface area (TPSA) is 79.0 Å². The van der Waals surface area contributed by atoms with Crippen molar-refractivity contribution >= 4 is 17.7 Å². The molecule has 1 N–H and O–H groups in total. The maximum absolute atomic E-state index is 13.1. The highest BCUT2D eigenvalue weighted by Gasteiger charge is 2.41. The Morgan fingerprint density at radius 2 is 1.79 bits per heavy atom. The lowest BCUT2D eigenvalue weighted by Crippen LogP contribution is -2.52. The Bertz CT molecular complexity index is 1230. The Labute approximate surface area is 224 Å². The normalized spacial score (nSPS) is 22.9. The molecule has 2 aromatic rings. The molecule has 0 radical (unpaired) electrons. The van der Waals surface area contributed by atoms with Gasteiger partial charge in [-0.1, -0.05) is 42.8 Å². The second kappa shape index (κ2) is 10.6. The fourth-order valence-electron chi connectivity index (χ4n) is 6.88. The zero-order chi connectivity index (χ0) is 26.1. The van der Waals surface area contributed by atoms with Crippen molar-refractivity contribution in [3.63, 3.8) is 0 Å². The van der Waals surface area contributed by atoms with Gasteiger partial charge in [0.05, 0.1) is 12.2 Å². The van der Waals surface area contributed by atoms with E-state index in [9.17, 15) is 14.4 Å². The zero-order valence-corrected chi connectivity index (χ0v) is 22.0. The number of benzene rings is 2. The van der Waals surface area contributed by atoms with Crippen LogP contribution >= 0.6 is 0 Å². The first-order valence-electron chi connectivity index (χ1n) is 14.2. The first-order chi connectivity index (χ1) is 18.5. The lowest BCUT2D eigenvalue weighted by molar-refractivity contribution is -0.136. The van der Waals surface area contributed by atoms with E-state index >= 15 is 0 Å². The molecular weight excluding hydrogens is 478 g/mol. The van der Waals surface area contributed by atoms with Crippen LogP contribution in [0.5, 0.6) is 0 Å². The highest BCUT2D eigenvalue weighted by molar-refractivity contribution is 6.05. The summed E-state index contributed by atoms with van der Waals surface area (Å²) in [4.78, 5) is 41.2. The van der Waals surface area contributed by atoms with E-state index in [1.165, 1.54) is 23.1 Å². The van der Waals surface area contributed by atoms with Crippen molar-refractivity contribution in [1.82, 2.24) is 15.1 Å². The van der Waals surface area contributed by atoms with Crippen molar-refractivity contribution in [3.8, 4) is 0 Å². The number of nitrogens with zero attached hydrogens (tertiary/aromatic N) is 2. The fraction of sp³-hybridized carbons (Fsp3) is 0.516. The van der Waals surface area contributed by atoms with E-state index in [1.54, 1.807) is 4.90 Å². The maximum atomic E-state index is 13.1. The molecule has 7 nitrogen and oxygen atoms in total. The van der Waals surface area contributed by atoms with E-state index in [2.05, 4.69) is 40.5 Å². The fourth-order valence-corrected chi connectivity index (χ4v) is 6.88. The van der Waals surface area contributed by atoms with Crippen molar-refractivity contribution in [2.24, 2.45) is 0 Å². The average molecular weight is 516 g/mol. The summed E-state index contributed by atoms with van der Waals surface area (Å²) in [5.41, 5.74) is 5.76. The highest BCUT2D eigenvalue weighted by Crippen LogP contribution is 2.41. The number of imide groups is 1. The van der Waals surface area contributed by atoms with Crippen molar-refractivity contribution in [1.29, 1.82) is 0 Å². The van der Waals surface area contributed by atoms with Crippen LogP contribution in [0.4, 0.5) is 0 Å². The van der Waals surface area contributed by atoms with Crippen molar-refractivity contribution in [3.05, 3.63) is 70.3 Å². The maximum Gasteiger partial charge on any atom is 0.255 e. The lowest BCUT2D eigenvalue weighted by Gasteiger charge is -2.45. The Morgan fingerprint density at radius 1 is 0.947 bits per heavy atom. The quantitative estimate of drug-likeness (QED) is 0.449. The summed E-state index contributed by atoms with van der Waals surface area (Å²) in [7, 11) is 0. The van der Waals surface area contributed by atoms with Crippen LogP contribution in [0.2, 0.25) is 0 Å². The molecule has 3 amide bonds. The van der Waals surface area contributed by atoms with Gasteiger partial charge in [-0.2, -0.15) is 0 Å². The molecule has 6 rings (SSSR count). The first-order valence-corrected chi connectivity index (χ1v) is 14.2. The predicted molar refractivity (Wildman–Crippen MR) is 143 cm³/mol. The molecule has 2 aromatic carbocycles. The van der Waals surface area contributed by atoms with Gasteiger partial charge >= 0.3 is 0 Å². The summed E-state index contributed by atoms with van der Waals surface area (Å²) >= 11 is 0. The van der Waals surface area contributed by atoms with Crippen LogP contribution in [-0.2, 0) is 39.3 Å². The molecule has 4 aliphatic heterocycles. The SMILES string of the molecule is O=C1CCC(N2Cc3c(CCCCCN4CCC5(CC4)OCCc4ccccc45)cccc3C2=O)C(=O)N1. The third-order valence-corrected chi connectivity index (χ3v) is 9.02. The van der Waals surface area contributed by atoms with E-state index < -0.39 is 6.04 Å². The number of aryl methyl sites for hydroxylation is 1. The molecule has 1 unspecified atom stereocenters. The van der Waals surface area contributed by atoms with E-state index in [1.807, 2.05) is 12.1 Å². The molecule has 4 heterocycles. The number of amides is 3. The Kier molecular flexibility index (Phi) is 7.06. The molecule has 1 atom stereocenters. The van der Waals surface area contributed by atoms with Gasteiger partial charge in [-0.25, -0.2) is 0 Å². The number of hydrogen-bond acceptors (Lipinski definition) is 5. The molecule has 0 saturated carbocycles. The van der Waals surface area contributed by atoms with Crippen LogP contribution in [0.15, 0.2) is 42.5 Å². The van der Waals surface area contributed by atoms with Crippen LogP contribution in [0, 0.1) is 0 Å². The molecule has 7 heteroatoms. The average Bonchev–Trinajstić information content (AvgIpc) is 3.27. The molecule has 200 valence electrons. The van der Waals surface area contributed by atoms with Gasteiger partial charge < -0.3 is 14.5 Å². The number of carbonyl (C=O) groups excluding carboxylic acids is 3. The second-order valence-electron chi connectivity index (χ2n) is 11.2. The van der Waals surface area contributed by atoms with E-state index in [0.29, 0.717) is 18.5 Å². The van der Waals surface area contributed by atoms with Gasteiger partial charge in [-0.05, 0) is 79.8 Å². The largest absolute Gasteiger partial charge is 0.370 e. The van der Waals surface area contributed by atoms with Gasteiger partial charge in [0.1, 0.15) is 6.04 Å². The van der Waals surface area contributed by atoms with Gasteiger partial charge in [-0.3, -0.25) is 19.7 Å². The molecule has 0 aliphatic carbocycles. The number of nitrogens with one attached hydrogen (secondary N) is 1. The van der Waals surface area contributed by atoms with Crippen LogP contribution in [-0.4, -0.2) is 59.8 Å². The Morgan fingerprint density at radius 3 is 2.63 bits per heavy atom. The number of hydrogen-bond donors (Lipinski definition) is 1. The number of fused-ring (bicyclic) bond motifs is 3. The third-order valence-electron chi connectivity index (χ3n) is 9.02. The lowest BCUT2D eigenvalue weighted by atomic mass is 9.79. The highest BCUT2D eigenvalue weighted by atomic mass is 16.5. The number of piperidine rings is 2. The van der Waals surface area contributed by atoms with Gasteiger partial charge in [-0.15, -0.1) is 0 Å². The second-order valence-corrected chi connectivity index (χ2v) is 11.2. The molecule has 38 heavy (non-hydrogen) atoms. The van der Waals surface area contributed by atoms with Crippen molar-refractivity contribution in [2.75, 3.05) is 26.2 Å². The number of ether oxygens (including phenoxy) is 1. The predicted octanol–water partition coefficient (Wildman–Crippen LogP) is 3.72. The summed E-state index contributed by atoms with van der Waals surface area (Å²) in [6, 6.07) is 14.2.